The van der Waals surface area contributed by atoms with Crippen LogP contribution in [0.3, 0.4) is 0 Å². The summed E-state index contributed by atoms with van der Waals surface area (Å²) >= 11 is 0. The number of quaternary nitrogens is 1. The molecule has 1 saturated heterocycles. The first-order chi connectivity index (χ1) is 9.83. The summed E-state index contributed by atoms with van der Waals surface area (Å²) in [5.41, 5.74) is 0. The van der Waals surface area contributed by atoms with Crippen molar-refractivity contribution in [1.29, 1.82) is 0 Å². The van der Waals surface area contributed by atoms with E-state index in [9.17, 15) is 4.79 Å². The summed E-state index contributed by atoms with van der Waals surface area (Å²) in [7, 11) is 0. The van der Waals surface area contributed by atoms with Crippen molar-refractivity contribution >= 4 is 5.91 Å². The van der Waals surface area contributed by atoms with Crippen LogP contribution in [-0.4, -0.2) is 43.5 Å². The van der Waals surface area contributed by atoms with E-state index in [0.717, 1.165) is 32.1 Å². The molecule has 0 unspecified atom stereocenters. The van der Waals surface area contributed by atoms with E-state index in [1.165, 1.54) is 25.8 Å². The van der Waals surface area contributed by atoms with Gasteiger partial charge in [0, 0.05) is 5.92 Å². The highest BCUT2D eigenvalue weighted by molar-refractivity contribution is 5.91. The zero-order chi connectivity index (χ0) is 13.8. The van der Waals surface area contributed by atoms with Crippen molar-refractivity contribution in [3.63, 3.8) is 0 Å². The first kappa shape index (κ1) is 13.4. The Hall–Kier alpha value is -1.55. The normalized spacial score (nSPS) is 24.0. The first-order valence-corrected chi connectivity index (χ1v) is 7.64. The molecule has 0 saturated carbocycles. The molecule has 4 nitrogen and oxygen atoms in total. The summed E-state index contributed by atoms with van der Waals surface area (Å²) in [4.78, 5) is 15.7. The van der Waals surface area contributed by atoms with Crippen LogP contribution in [0.15, 0.2) is 35.0 Å². The Kier molecular flexibility index (Phi) is 4.21. The Morgan fingerprint density at radius 1 is 1.35 bits per heavy atom. The summed E-state index contributed by atoms with van der Waals surface area (Å²) in [6.07, 6.45) is 9.98. The lowest BCUT2D eigenvalue weighted by molar-refractivity contribution is -0.907. The standard InChI is InChI=1S/C16H22N2O2/c19-16(15-7-4-12-20-15)18-10-8-17(9-11-18)13-14-5-2-1-3-6-14/h1-2,4,7,12,14H,3,5-6,8-11,13H2/p+1/t14-/m1/s1. The number of rotatable bonds is 3. The molecule has 1 aliphatic carbocycles. The molecule has 108 valence electrons. The Bertz CT molecular complexity index is 459. The number of furan rings is 1. The maximum absolute atomic E-state index is 12.2. The third kappa shape index (κ3) is 3.12. The van der Waals surface area contributed by atoms with Crippen LogP contribution in [0.2, 0.25) is 0 Å². The number of amides is 1. The summed E-state index contributed by atoms with van der Waals surface area (Å²) in [5, 5.41) is 0. The second-order valence-corrected chi connectivity index (χ2v) is 5.87. The monoisotopic (exact) mass is 275 g/mol. The Balaban J connectivity index is 1.47. The van der Waals surface area contributed by atoms with E-state index >= 15 is 0 Å². The quantitative estimate of drug-likeness (QED) is 0.835. The molecule has 1 atom stereocenters. The van der Waals surface area contributed by atoms with Crippen molar-refractivity contribution in [2.24, 2.45) is 5.92 Å². The van der Waals surface area contributed by atoms with E-state index in [-0.39, 0.29) is 5.91 Å². The van der Waals surface area contributed by atoms with Crippen LogP contribution in [0, 0.1) is 5.92 Å². The van der Waals surface area contributed by atoms with E-state index in [2.05, 4.69) is 12.2 Å². The molecule has 2 aliphatic rings. The SMILES string of the molecule is O=C(c1ccco1)N1CC[NH+](C[C@@H]2CC=CCC2)CC1. The molecule has 2 heterocycles. The average molecular weight is 275 g/mol. The molecule has 0 spiro atoms. The fourth-order valence-corrected chi connectivity index (χ4v) is 3.24. The van der Waals surface area contributed by atoms with E-state index in [1.54, 1.807) is 23.3 Å². The van der Waals surface area contributed by atoms with E-state index < -0.39 is 0 Å². The average Bonchev–Trinajstić information content (AvgIpc) is 3.03. The predicted octanol–water partition coefficient (Wildman–Crippen LogP) is 0.977. The topological polar surface area (TPSA) is 37.9 Å². The fourth-order valence-electron chi connectivity index (χ4n) is 3.24. The van der Waals surface area contributed by atoms with Gasteiger partial charge in [-0.3, -0.25) is 4.79 Å². The summed E-state index contributed by atoms with van der Waals surface area (Å²) in [6, 6.07) is 3.52. The van der Waals surface area contributed by atoms with Crippen LogP contribution < -0.4 is 4.90 Å². The van der Waals surface area contributed by atoms with Gasteiger partial charge in [0.15, 0.2) is 5.76 Å². The van der Waals surface area contributed by atoms with E-state index in [4.69, 9.17) is 4.42 Å². The van der Waals surface area contributed by atoms with Gasteiger partial charge >= 0.3 is 0 Å². The second kappa shape index (κ2) is 6.27. The molecule has 0 aromatic carbocycles. The predicted molar refractivity (Wildman–Crippen MR) is 76.7 cm³/mol. The maximum atomic E-state index is 12.2. The minimum absolute atomic E-state index is 0.0367. The van der Waals surface area contributed by atoms with Crippen molar-refractivity contribution in [3.05, 3.63) is 36.3 Å². The third-order valence-electron chi connectivity index (χ3n) is 4.44. The van der Waals surface area contributed by atoms with Crippen molar-refractivity contribution in [3.8, 4) is 0 Å². The number of hydrogen-bond donors (Lipinski definition) is 1. The Morgan fingerprint density at radius 3 is 2.85 bits per heavy atom. The number of allylic oxidation sites excluding steroid dienone is 2. The van der Waals surface area contributed by atoms with Gasteiger partial charge in [-0.1, -0.05) is 12.2 Å². The van der Waals surface area contributed by atoms with Crippen molar-refractivity contribution < 1.29 is 14.1 Å². The highest BCUT2D eigenvalue weighted by Crippen LogP contribution is 2.16. The molecule has 1 N–H and O–H groups in total. The summed E-state index contributed by atoms with van der Waals surface area (Å²) in [6.45, 7) is 5.07. The molecule has 0 radical (unpaired) electrons. The molecule has 1 aromatic heterocycles. The van der Waals surface area contributed by atoms with Crippen molar-refractivity contribution in [1.82, 2.24) is 4.90 Å². The molecular weight excluding hydrogens is 252 g/mol. The van der Waals surface area contributed by atoms with Crippen LogP contribution >= 0.6 is 0 Å². The van der Waals surface area contributed by atoms with Gasteiger partial charge in [-0.15, -0.1) is 0 Å². The largest absolute Gasteiger partial charge is 0.459 e. The molecular formula is C16H23N2O2+. The van der Waals surface area contributed by atoms with Crippen LogP contribution in [0.1, 0.15) is 29.8 Å². The smallest absolute Gasteiger partial charge is 0.289 e. The maximum Gasteiger partial charge on any atom is 0.289 e. The van der Waals surface area contributed by atoms with Gasteiger partial charge < -0.3 is 14.2 Å². The summed E-state index contributed by atoms with van der Waals surface area (Å²) in [5.74, 6) is 1.34. The molecule has 4 heteroatoms. The van der Waals surface area contributed by atoms with Crippen LogP contribution in [0.5, 0.6) is 0 Å². The second-order valence-electron chi connectivity index (χ2n) is 5.87. The van der Waals surface area contributed by atoms with Crippen molar-refractivity contribution in [2.75, 3.05) is 32.7 Å². The van der Waals surface area contributed by atoms with Crippen LogP contribution in [0.4, 0.5) is 0 Å². The molecule has 3 rings (SSSR count). The van der Waals surface area contributed by atoms with Crippen LogP contribution in [0.25, 0.3) is 0 Å². The Labute approximate surface area is 120 Å². The van der Waals surface area contributed by atoms with Gasteiger partial charge in [-0.25, -0.2) is 0 Å². The van der Waals surface area contributed by atoms with Gasteiger partial charge in [0.1, 0.15) is 0 Å². The molecule has 0 bridgehead atoms. The van der Waals surface area contributed by atoms with Gasteiger partial charge in [0.2, 0.25) is 0 Å². The molecule has 1 amide bonds. The lowest BCUT2D eigenvalue weighted by atomic mass is 9.94. The van der Waals surface area contributed by atoms with Gasteiger partial charge in [0.25, 0.3) is 5.91 Å². The number of nitrogens with one attached hydrogen (secondary N) is 1. The third-order valence-corrected chi connectivity index (χ3v) is 4.44. The van der Waals surface area contributed by atoms with Gasteiger partial charge in [-0.05, 0) is 31.4 Å². The van der Waals surface area contributed by atoms with Gasteiger partial charge in [-0.2, -0.15) is 0 Å². The van der Waals surface area contributed by atoms with E-state index in [0.29, 0.717) is 5.76 Å². The molecule has 1 aromatic rings. The number of carbonyl (C=O) groups excluding carboxylic acids is 1. The zero-order valence-corrected chi connectivity index (χ0v) is 11.9. The molecule has 20 heavy (non-hydrogen) atoms. The Morgan fingerprint density at radius 2 is 2.20 bits per heavy atom. The summed E-state index contributed by atoms with van der Waals surface area (Å²) < 4.78 is 5.19. The number of nitrogens with zero attached hydrogens (tertiary/aromatic N) is 1. The first-order valence-electron chi connectivity index (χ1n) is 7.64. The van der Waals surface area contributed by atoms with Gasteiger partial charge in [0.05, 0.1) is 39.0 Å². The fraction of sp³-hybridized carbons (Fsp3) is 0.562. The molecule has 1 aliphatic heterocycles. The van der Waals surface area contributed by atoms with E-state index in [1.807, 2.05) is 4.90 Å². The highest BCUT2D eigenvalue weighted by Gasteiger charge is 2.27. The zero-order valence-electron chi connectivity index (χ0n) is 11.9. The number of piperazine rings is 1. The highest BCUT2D eigenvalue weighted by atomic mass is 16.3. The van der Waals surface area contributed by atoms with Crippen LogP contribution in [-0.2, 0) is 0 Å². The minimum atomic E-state index is 0.0367. The minimum Gasteiger partial charge on any atom is -0.459 e. The lowest BCUT2D eigenvalue weighted by Gasteiger charge is -2.33. The molecule has 1 fully saturated rings. The van der Waals surface area contributed by atoms with Crippen molar-refractivity contribution in [2.45, 2.75) is 19.3 Å². The lowest BCUT2D eigenvalue weighted by Crippen LogP contribution is -3.15. The number of carbonyl (C=O) groups is 1. The number of hydrogen-bond acceptors (Lipinski definition) is 2.